The van der Waals surface area contributed by atoms with Gasteiger partial charge in [0.15, 0.2) is 6.04 Å². The maximum atomic E-state index is 11.6. The molecule has 2 rings (SSSR count). The summed E-state index contributed by atoms with van der Waals surface area (Å²) in [5.41, 5.74) is 0.933. The first-order valence-corrected chi connectivity index (χ1v) is 5.16. The number of carbonyl (C=O) groups excluding carboxylic acids is 1. The van der Waals surface area contributed by atoms with Crippen molar-refractivity contribution in [2.24, 2.45) is 0 Å². The van der Waals surface area contributed by atoms with Gasteiger partial charge in [-0.2, -0.15) is 0 Å². The largest absolute Gasteiger partial charge is 0.464 e. The monoisotopic (exact) mass is 209 g/mol. The fourth-order valence-electron chi connectivity index (χ4n) is 1.81. The number of hydrogen-bond donors (Lipinski definition) is 1. The first kappa shape index (κ1) is 10.2. The predicted octanol–water partition coefficient (Wildman–Crippen LogP) is 0.399. The van der Waals surface area contributed by atoms with Crippen LogP contribution in [0.5, 0.6) is 0 Å². The topological polar surface area (TPSA) is 56.1 Å². The lowest BCUT2D eigenvalue weighted by Gasteiger charge is -2.23. The first-order chi connectivity index (χ1) is 7.22. The summed E-state index contributed by atoms with van der Waals surface area (Å²) in [5, 5.41) is 3.12. The van der Waals surface area contributed by atoms with E-state index >= 15 is 0 Å². The summed E-state index contributed by atoms with van der Waals surface area (Å²) in [4.78, 5) is 16.0. The van der Waals surface area contributed by atoms with Crippen molar-refractivity contribution in [2.75, 3.05) is 13.2 Å². The Kier molecular flexibility index (Phi) is 2.73. The lowest BCUT2D eigenvalue weighted by atomic mass is 10.2. The molecule has 0 bridgehead atoms. The highest BCUT2D eigenvalue weighted by molar-refractivity contribution is 5.76. The minimum absolute atomic E-state index is 0.246. The lowest BCUT2D eigenvalue weighted by Crippen LogP contribution is -2.38. The summed E-state index contributed by atoms with van der Waals surface area (Å²) in [6.45, 7) is 5.75. The molecule has 1 aliphatic heterocycles. The van der Waals surface area contributed by atoms with Crippen LogP contribution in [0.4, 0.5) is 0 Å². The van der Waals surface area contributed by atoms with E-state index in [1.807, 2.05) is 17.7 Å². The predicted molar refractivity (Wildman–Crippen MR) is 54.3 cm³/mol. The van der Waals surface area contributed by atoms with Gasteiger partial charge in [-0.25, -0.2) is 9.78 Å². The van der Waals surface area contributed by atoms with Gasteiger partial charge in [-0.1, -0.05) is 0 Å². The fraction of sp³-hybridized carbons (Fsp3) is 0.600. The van der Waals surface area contributed by atoms with E-state index < -0.39 is 6.04 Å². The molecule has 1 aromatic heterocycles. The number of hydrogen-bond acceptors (Lipinski definition) is 4. The van der Waals surface area contributed by atoms with Crippen LogP contribution in [0.25, 0.3) is 0 Å². The van der Waals surface area contributed by atoms with Crippen molar-refractivity contribution in [1.29, 1.82) is 0 Å². The van der Waals surface area contributed by atoms with Crippen LogP contribution >= 0.6 is 0 Å². The number of nitrogens with one attached hydrogen (secondary N) is 1. The van der Waals surface area contributed by atoms with Crippen LogP contribution in [0.3, 0.4) is 0 Å². The zero-order valence-corrected chi connectivity index (χ0v) is 8.99. The second kappa shape index (κ2) is 4.02. The molecule has 1 atom stereocenters. The Morgan fingerprint density at radius 1 is 1.80 bits per heavy atom. The van der Waals surface area contributed by atoms with Gasteiger partial charge in [0.1, 0.15) is 5.82 Å². The van der Waals surface area contributed by atoms with Crippen molar-refractivity contribution >= 4 is 5.97 Å². The van der Waals surface area contributed by atoms with E-state index in [2.05, 4.69) is 10.3 Å². The molecule has 2 heterocycles. The fourth-order valence-corrected chi connectivity index (χ4v) is 1.81. The molecule has 82 valence electrons. The van der Waals surface area contributed by atoms with Crippen LogP contribution in [-0.2, 0) is 16.1 Å². The van der Waals surface area contributed by atoms with Gasteiger partial charge in [0.05, 0.1) is 12.3 Å². The normalized spacial score (nSPS) is 19.7. The molecule has 15 heavy (non-hydrogen) atoms. The summed E-state index contributed by atoms with van der Waals surface area (Å²) in [5.74, 6) is 0.515. The number of ether oxygens (including phenoxy) is 1. The van der Waals surface area contributed by atoms with Gasteiger partial charge in [0.2, 0.25) is 0 Å². The quantitative estimate of drug-likeness (QED) is 0.716. The second-order valence-electron chi connectivity index (χ2n) is 3.57. The van der Waals surface area contributed by atoms with Gasteiger partial charge in [0, 0.05) is 19.3 Å². The van der Waals surface area contributed by atoms with Crippen molar-refractivity contribution in [3.05, 3.63) is 17.7 Å². The van der Waals surface area contributed by atoms with E-state index in [-0.39, 0.29) is 5.97 Å². The number of fused-ring (bicyclic) bond motifs is 1. The zero-order valence-electron chi connectivity index (χ0n) is 8.99. The third kappa shape index (κ3) is 1.87. The minimum Gasteiger partial charge on any atom is -0.464 e. The highest BCUT2D eigenvalue weighted by Gasteiger charge is 2.29. The lowest BCUT2D eigenvalue weighted by molar-refractivity contribution is -0.146. The molecule has 0 aromatic carbocycles. The summed E-state index contributed by atoms with van der Waals surface area (Å²) >= 11 is 0. The highest BCUT2D eigenvalue weighted by Crippen LogP contribution is 2.17. The number of rotatable bonds is 2. The maximum absolute atomic E-state index is 11.6. The van der Waals surface area contributed by atoms with Crippen LogP contribution in [0.15, 0.2) is 6.20 Å². The van der Waals surface area contributed by atoms with Gasteiger partial charge in [0.25, 0.3) is 0 Å². The molecule has 5 nitrogen and oxygen atoms in total. The van der Waals surface area contributed by atoms with E-state index in [1.165, 1.54) is 0 Å². The van der Waals surface area contributed by atoms with Crippen molar-refractivity contribution < 1.29 is 9.53 Å². The molecule has 1 aliphatic rings. The van der Waals surface area contributed by atoms with Gasteiger partial charge >= 0.3 is 5.97 Å². The SMILES string of the molecule is CCOC(=O)C1NCCn2cc(C)nc21. The Bertz CT molecular complexity index is 373. The van der Waals surface area contributed by atoms with Crippen molar-refractivity contribution in [3.63, 3.8) is 0 Å². The molecule has 1 N–H and O–H groups in total. The molecule has 0 saturated carbocycles. The van der Waals surface area contributed by atoms with E-state index in [4.69, 9.17) is 4.74 Å². The minimum atomic E-state index is -0.410. The molecule has 0 radical (unpaired) electrons. The van der Waals surface area contributed by atoms with Crippen LogP contribution in [0.2, 0.25) is 0 Å². The highest BCUT2D eigenvalue weighted by atomic mass is 16.5. The first-order valence-electron chi connectivity index (χ1n) is 5.16. The number of aromatic nitrogens is 2. The van der Waals surface area contributed by atoms with Gasteiger partial charge < -0.3 is 9.30 Å². The molecule has 1 unspecified atom stereocenters. The Morgan fingerprint density at radius 3 is 3.33 bits per heavy atom. The third-order valence-electron chi connectivity index (χ3n) is 2.41. The molecule has 0 amide bonds. The molecule has 0 spiro atoms. The Labute approximate surface area is 88.4 Å². The van der Waals surface area contributed by atoms with Crippen LogP contribution < -0.4 is 5.32 Å². The van der Waals surface area contributed by atoms with Gasteiger partial charge in [-0.05, 0) is 13.8 Å². The number of carbonyl (C=O) groups is 1. The van der Waals surface area contributed by atoms with E-state index in [9.17, 15) is 4.79 Å². The molecule has 0 aliphatic carbocycles. The van der Waals surface area contributed by atoms with Crippen molar-refractivity contribution in [2.45, 2.75) is 26.4 Å². The number of imidazole rings is 1. The van der Waals surface area contributed by atoms with Gasteiger partial charge in [-0.3, -0.25) is 5.32 Å². The zero-order chi connectivity index (χ0) is 10.8. The number of aryl methyl sites for hydroxylation is 1. The van der Waals surface area contributed by atoms with Crippen LogP contribution in [0, 0.1) is 6.92 Å². The summed E-state index contributed by atoms with van der Waals surface area (Å²) in [6, 6.07) is -0.410. The molecule has 1 aromatic rings. The Hall–Kier alpha value is -1.36. The molecule has 5 heteroatoms. The molecule has 0 fully saturated rings. The molecular weight excluding hydrogens is 194 g/mol. The van der Waals surface area contributed by atoms with Crippen LogP contribution in [0.1, 0.15) is 24.5 Å². The van der Waals surface area contributed by atoms with E-state index in [0.717, 1.165) is 24.6 Å². The number of esters is 1. The average molecular weight is 209 g/mol. The summed E-state index contributed by atoms with van der Waals surface area (Å²) in [7, 11) is 0. The summed E-state index contributed by atoms with van der Waals surface area (Å²) in [6.07, 6.45) is 1.96. The smallest absolute Gasteiger partial charge is 0.331 e. The molecule has 0 saturated heterocycles. The molecular formula is C10H15N3O2. The average Bonchev–Trinajstić information content (AvgIpc) is 2.57. The number of nitrogens with zero attached hydrogens (tertiary/aromatic N) is 2. The van der Waals surface area contributed by atoms with E-state index in [0.29, 0.717) is 6.61 Å². The summed E-state index contributed by atoms with van der Waals surface area (Å²) < 4.78 is 7.00. The Balaban J connectivity index is 2.25. The Morgan fingerprint density at radius 2 is 2.60 bits per heavy atom. The standard InChI is InChI=1S/C10H15N3O2/c1-3-15-10(14)8-9-12-7(2)6-13(9)5-4-11-8/h6,8,11H,3-5H2,1-2H3. The third-order valence-corrected chi connectivity index (χ3v) is 2.41. The maximum Gasteiger partial charge on any atom is 0.331 e. The van der Waals surface area contributed by atoms with E-state index in [1.54, 1.807) is 6.92 Å². The van der Waals surface area contributed by atoms with Gasteiger partial charge in [-0.15, -0.1) is 0 Å². The van der Waals surface area contributed by atoms with Crippen molar-refractivity contribution in [3.8, 4) is 0 Å². The van der Waals surface area contributed by atoms with Crippen molar-refractivity contribution in [1.82, 2.24) is 14.9 Å². The second-order valence-corrected chi connectivity index (χ2v) is 3.57. The van der Waals surface area contributed by atoms with Crippen LogP contribution in [-0.4, -0.2) is 28.7 Å².